The zero-order valence-corrected chi connectivity index (χ0v) is 18.5. The van der Waals surface area contributed by atoms with E-state index in [2.05, 4.69) is 47.4 Å². The van der Waals surface area contributed by atoms with E-state index in [1.807, 2.05) is 10.6 Å². The number of hydrogen-bond donors (Lipinski definition) is 1. The fourth-order valence-corrected chi connectivity index (χ4v) is 5.16. The molecule has 1 N–H and O–H groups in total. The molecule has 1 aliphatic carbocycles. The van der Waals surface area contributed by atoms with Crippen LogP contribution in [0.3, 0.4) is 0 Å². The molecule has 0 bridgehead atoms. The Morgan fingerprint density at radius 2 is 2.11 bits per heavy atom. The van der Waals surface area contributed by atoms with E-state index < -0.39 is 0 Å². The minimum absolute atomic E-state index is 0.0873. The van der Waals surface area contributed by atoms with E-state index in [1.54, 1.807) is 11.3 Å². The zero-order chi connectivity index (χ0) is 19.9. The summed E-state index contributed by atoms with van der Waals surface area (Å²) in [4.78, 5) is 13.7. The lowest BCUT2D eigenvalue weighted by molar-refractivity contribution is -0.119. The first-order valence-corrected chi connectivity index (χ1v) is 12.0. The molecule has 1 saturated carbocycles. The van der Waals surface area contributed by atoms with Gasteiger partial charge in [-0.1, -0.05) is 57.4 Å². The maximum absolute atomic E-state index is 12.4. The third-order valence-corrected chi connectivity index (χ3v) is 7.23. The number of carbonyl (C=O) groups is 1. The van der Waals surface area contributed by atoms with Crippen molar-refractivity contribution in [2.75, 3.05) is 5.75 Å². The second kappa shape index (κ2) is 10.3. The number of hydrogen-bond acceptors (Lipinski definition) is 5. The minimum atomic E-state index is 0.0873. The summed E-state index contributed by atoms with van der Waals surface area (Å²) in [6.07, 6.45) is 9.05. The van der Waals surface area contributed by atoms with Gasteiger partial charge in [0.1, 0.15) is 0 Å². The van der Waals surface area contributed by atoms with Gasteiger partial charge in [-0.15, -0.1) is 28.1 Å². The topological polar surface area (TPSA) is 59.8 Å². The number of nitrogens with zero attached hydrogens (tertiary/aromatic N) is 3. The molecule has 152 valence electrons. The Bertz CT molecular complexity index is 788. The van der Waals surface area contributed by atoms with Crippen LogP contribution in [0.25, 0.3) is 11.4 Å². The number of nitrogens with one attached hydrogen (secondary N) is 1. The van der Waals surface area contributed by atoms with E-state index in [1.165, 1.54) is 42.3 Å². The second-order valence-corrected chi connectivity index (χ2v) is 9.53. The predicted octanol–water partition coefficient (Wildman–Crippen LogP) is 5.25. The van der Waals surface area contributed by atoms with Gasteiger partial charge in [-0.2, -0.15) is 0 Å². The average Bonchev–Trinajstić information content (AvgIpc) is 3.22. The van der Waals surface area contributed by atoms with Gasteiger partial charge in [-0.05, 0) is 24.8 Å². The fraction of sp³-hybridized carbons (Fsp3) is 0.571. The van der Waals surface area contributed by atoms with Crippen molar-refractivity contribution in [2.45, 2.75) is 76.0 Å². The molecule has 0 radical (unpaired) electrons. The molecule has 0 aromatic carbocycles. The molecule has 0 unspecified atom stereocenters. The molecule has 3 rings (SSSR count). The summed E-state index contributed by atoms with van der Waals surface area (Å²) in [5.74, 6) is 1.79. The Hall–Kier alpha value is -1.60. The van der Waals surface area contributed by atoms with E-state index in [-0.39, 0.29) is 5.91 Å². The molecular weight excluding hydrogens is 388 g/mol. The molecule has 0 aliphatic heterocycles. The largest absolute Gasteiger partial charge is 0.353 e. The first kappa shape index (κ1) is 21.1. The molecule has 2 heterocycles. The standard InChI is InChI=1S/C21H30N4OS2/c1-4-11-25-20(16-12-18(15(2)3)27-13-16)23-24-21(25)28-14-19(26)22-17-9-7-5-6-8-10-17/h4,12-13,15,17H,1,5-11,14H2,2-3H3,(H,22,26). The molecule has 1 amide bonds. The fourth-order valence-electron chi connectivity index (χ4n) is 3.50. The van der Waals surface area contributed by atoms with Crippen LogP contribution in [0.1, 0.15) is 63.2 Å². The van der Waals surface area contributed by atoms with Gasteiger partial charge < -0.3 is 5.32 Å². The Balaban J connectivity index is 1.65. The van der Waals surface area contributed by atoms with Crippen molar-refractivity contribution in [1.82, 2.24) is 20.1 Å². The first-order valence-electron chi connectivity index (χ1n) is 10.1. The van der Waals surface area contributed by atoms with Crippen LogP contribution in [-0.2, 0) is 11.3 Å². The van der Waals surface area contributed by atoms with Crippen molar-refractivity contribution in [2.24, 2.45) is 0 Å². The molecule has 0 atom stereocenters. The molecule has 5 nitrogen and oxygen atoms in total. The minimum Gasteiger partial charge on any atom is -0.353 e. The lowest BCUT2D eigenvalue weighted by atomic mass is 10.1. The molecule has 0 saturated heterocycles. The average molecular weight is 419 g/mol. The predicted molar refractivity (Wildman–Crippen MR) is 118 cm³/mol. The van der Waals surface area contributed by atoms with Crippen LogP contribution >= 0.6 is 23.1 Å². The highest BCUT2D eigenvalue weighted by Crippen LogP contribution is 2.31. The van der Waals surface area contributed by atoms with Crippen LogP contribution in [0.5, 0.6) is 0 Å². The molecule has 2 aromatic heterocycles. The lowest BCUT2D eigenvalue weighted by Crippen LogP contribution is -2.35. The molecule has 2 aromatic rings. The Labute approximate surface area is 176 Å². The summed E-state index contributed by atoms with van der Waals surface area (Å²) >= 11 is 3.20. The van der Waals surface area contributed by atoms with E-state index in [4.69, 9.17) is 0 Å². The highest BCUT2D eigenvalue weighted by molar-refractivity contribution is 7.99. The number of thioether (sulfide) groups is 1. The normalized spacial score (nSPS) is 15.5. The Morgan fingerprint density at radius 3 is 2.75 bits per heavy atom. The highest BCUT2D eigenvalue weighted by atomic mass is 32.2. The summed E-state index contributed by atoms with van der Waals surface area (Å²) in [5.41, 5.74) is 1.08. The van der Waals surface area contributed by atoms with Crippen LogP contribution in [0.15, 0.2) is 29.3 Å². The maximum Gasteiger partial charge on any atom is 0.230 e. The summed E-state index contributed by atoms with van der Waals surface area (Å²) in [5, 5.41) is 14.9. The van der Waals surface area contributed by atoms with Crippen molar-refractivity contribution < 1.29 is 4.79 Å². The zero-order valence-electron chi connectivity index (χ0n) is 16.8. The number of carbonyl (C=O) groups excluding carboxylic acids is 1. The number of thiophene rings is 1. The number of rotatable bonds is 8. The van der Waals surface area contributed by atoms with Crippen molar-refractivity contribution >= 4 is 29.0 Å². The van der Waals surface area contributed by atoms with E-state index >= 15 is 0 Å². The van der Waals surface area contributed by atoms with Crippen LogP contribution in [0, 0.1) is 0 Å². The summed E-state index contributed by atoms with van der Waals surface area (Å²) in [6, 6.07) is 2.52. The smallest absolute Gasteiger partial charge is 0.230 e. The van der Waals surface area contributed by atoms with Gasteiger partial charge in [0, 0.05) is 28.4 Å². The second-order valence-electron chi connectivity index (χ2n) is 7.64. The van der Waals surface area contributed by atoms with Crippen molar-refractivity contribution in [3.8, 4) is 11.4 Å². The van der Waals surface area contributed by atoms with E-state index in [0.29, 0.717) is 24.3 Å². The van der Waals surface area contributed by atoms with Crippen molar-refractivity contribution in [3.05, 3.63) is 29.0 Å². The SMILES string of the molecule is C=CCn1c(SCC(=O)NC2CCCCCC2)nnc1-c1csc(C(C)C)c1. The van der Waals surface area contributed by atoms with E-state index in [0.717, 1.165) is 29.4 Å². The molecule has 1 fully saturated rings. The third-order valence-electron chi connectivity index (χ3n) is 5.03. The van der Waals surface area contributed by atoms with Crippen LogP contribution in [0.2, 0.25) is 0 Å². The summed E-state index contributed by atoms with van der Waals surface area (Å²) in [6.45, 7) is 8.88. The third kappa shape index (κ3) is 5.47. The monoisotopic (exact) mass is 418 g/mol. The van der Waals surface area contributed by atoms with Crippen LogP contribution in [0.4, 0.5) is 0 Å². The van der Waals surface area contributed by atoms with Gasteiger partial charge in [-0.25, -0.2) is 0 Å². The van der Waals surface area contributed by atoms with Gasteiger partial charge in [-0.3, -0.25) is 9.36 Å². The number of aromatic nitrogens is 3. The van der Waals surface area contributed by atoms with Gasteiger partial charge in [0.05, 0.1) is 5.75 Å². The van der Waals surface area contributed by atoms with Gasteiger partial charge in [0.2, 0.25) is 5.91 Å². The number of amides is 1. The molecule has 1 aliphatic rings. The Morgan fingerprint density at radius 1 is 1.36 bits per heavy atom. The first-order chi connectivity index (χ1) is 13.6. The molecule has 7 heteroatoms. The highest BCUT2D eigenvalue weighted by Gasteiger charge is 2.18. The van der Waals surface area contributed by atoms with Gasteiger partial charge in [0.25, 0.3) is 0 Å². The molecule has 28 heavy (non-hydrogen) atoms. The Kier molecular flexibility index (Phi) is 7.73. The molecule has 0 spiro atoms. The lowest BCUT2D eigenvalue weighted by Gasteiger charge is -2.16. The maximum atomic E-state index is 12.4. The van der Waals surface area contributed by atoms with Crippen LogP contribution < -0.4 is 5.32 Å². The quantitative estimate of drug-likeness (QED) is 0.361. The summed E-state index contributed by atoms with van der Waals surface area (Å²) < 4.78 is 2.04. The number of allylic oxidation sites excluding steroid dienone is 1. The van der Waals surface area contributed by atoms with Crippen molar-refractivity contribution in [3.63, 3.8) is 0 Å². The van der Waals surface area contributed by atoms with E-state index in [9.17, 15) is 4.79 Å². The van der Waals surface area contributed by atoms with Crippen LogP contribution in [-0.4, -0.2) is 32.5 Å². The van der Waals surface area contributed by atoms with Gasteiger partial charge in [0.15, 0.2) is 11.0 Å². The van der Waals surface area contributed by atoms with Crippen molar-refractivity contribution in [1.29, 1.82) is 0 Å². The molecular formula is C21H30N4OS2. The van der Waals surface area contributed by atoms with Gasteiger partial charge >= 0.3 is 0 Å². The summed E-state index contributed by atoms with van der Waals surface area (Å²) in [7, 11) is 0.